The summed E-state index contributed by atoms with van der Waals surface area (Å²) in [5.74, 6) is 0. The van der Waals surface area contributed by atoms with Gasteiger partial charge in [-0.2, -0.15) is 13.2 Å². The second-order valence-corrected chi connectivity index (χ2v) is 6.83. The standard InChI is InChI=1S/C15H18F3N5O4S/c1-3-22-11(25)10-8(2)9(6-19-13(26)21-20-7-24)28-12(10)23(14(22)27)5-4-15(16,17)18/h7H,3-6H2,1-2H3,(H,20,24)(H2,19,21,26). The number of halogens is 3. The number of aryl methyl sites for hydroxylation is 2. The smallest absolute Gasteiger partial charge is 0.332 e. The van der Waals surface area contributed by atoms with Crippen LogP contribution in [0.5, 0.6) is 0 Å². The minimum Gasteiger partial charge on any atom is -0.332 e. The third-order valence-electron chi connectivity index (χ3n) is 3.98. The van der Waals surface area contributed by atoms with Gasteiger partial charge in [-0.25, -0.2) is 15.0 Å². The van der Waals surface area contributed by atoms with Crippen LogP contribution in [0, 0.1) is 6.92 Å². The van der Waals surface area contributed by atoms with E-state index in [2.05, 4.69) is 5.32 Å². The number of nitrogens with one attached hydrogen (secondary N) is 3. The topological polar surface area (TPSA) is 114 Å². The van der Waals surface area contributed by atoms with E-state index in [4.69, 9.17) is 0 Å². The van der Waals surface area contributed by atoms with Crippen LogP contribution in [0.15, 0.2) is 9.59 Å². The molecular formula is C15H18F3N5O4S. The van der Waals surface area contributed by atoms with Crippen LogP contribution < -0.4 is 27.4 Å². The monoisotopic (exact) mass is 421 g/mol. The molecule has 2 aromatic rings. The van der Waals surface area contributed by atoms with Crippen molar-refractivity contribution in [1.82, 2.24) is 25.3 Å². The Morgan fingerprint density at radius 3 is 2.50 bits per heavy atom. The van der Waals surface area contributed by atoms with E-state index in [-0.39, 0.29) is 29.7 Å². The molecule has 9 nitrogen and oxygen atoms in total. The highest BCUT2D eigenvalue weighted by Gasteiger charge is 2.28. The number of rotatable bonds is 7. The van der Waals surface area contributed by atoms with Crippen LogP contribution in [0.25, 0.3) is 10.2 Å². The van der Waals surface area contributed by atoms with Gasteiger partial charge in [-0.15, -0.1) is 11.3 Å². The molecule has 2 rings (SSSR count). The molecule has 0 bridgehead atoms. The second kappa shape index (κ2) is 8.46. The summed E-state index contributed by atoms with van der Waals surface area (Å²) in [7, 11) is 0. The zero-order chi connectivity index (χ0) is 21.1. The van der Waals surface area contributed by atoms with Crippen molar-refractivity contribution in [1.29, 1.82) is 0 Å². The van der Waals surface area contributed by atoms with E-state index in [1.807, 2.05) is 10.9 Å². The van der Waals surface area contributed by atoms with Gasteiger partial charge in [0.2, 0.25) is 6.41 Å². The molecule has 0 saturated carbocycles. The second-order valence-electron chi connectivity index (χ2n) is 5.75. The van der Waals surface area contributed by atoms with Gasteiger partial charge in [0.05, 0.1) is 18.4 Å². The zero-order valence-corrected chi connectivity index (χ0v) is 15.8. The summed E-state index contributed by atoms with van der Waals surface area (Å²) in [5, 5.41) is 2.59. The number of fused-ring (bicyclic) bond motifs is 1. The molecule has 0 aliphatic rings. The molecule has 154 valence electrons. The average molecular weight is 421 g/mol. The first-order valence-electron chi connectivity index (χ1n) is 8.16. The van der Waals surface area contributed by atoms with Gasteiger partial charge in [-0.05, 0) is 19.4 Å². The van der Waals surface area contributed by atoms with Gasteiger partial charge in [0.1, 0.15) is 4.83 Å². The summed E-state index contributed by atoms with van der Waals surface area (Å²) >= 11 is 0.964. The first kappa shape index (κ1) is 21.5. The first-order valence-corrected chi connectivity index (χ1v) is 8.97. The lowest BCUT2D eigenvalue weighted by Crippen LogP contribution is -2.43. The van der Waals surface area contributed by atoms with E-state index in [0.29, 0.717) is 10.4 Å². The van der Waals surface area contributed by atoms with E-state index in [9.17, 15) is 32.3 Å². The van der Waals surface area contributed by atoms with Gasteiger partial charge in [0, 0.05) is 18.0 Å². The first-order chi connectivity index (χ1) is 13.1. The fourth-order valence-electron chi connectivity index (χ4n) is 2.62. The minimum atomic E-state index is -4.46. The summed E-state index contributed by atoms with van der Waals surface area (Å²) < 4.78 is 39.8. The molecule has 0 aliphatic carbocycles. The van der Waals surface area contributed by atoms with Crippen LogP contribution in [-0.4, -0.2) is 27.8 Å². The van der Waals surface area contributed by atoms with Crippen molar-refractivity contribution < 1.29 is 22.8 Å². The fraction of sp³-hybridized carbons (Fsp3) is 0.467. The van der Waals surface area contributed by atoms with Crippen molar-refractivity contribution >= 4 is 34.0 Å². The third kappa shape index (κ3) is 4.52. The molecule has 0 radical (unpaired) electrons. The van der Waals surface area contributed by atoms with Crippen molar-refractivity contribution in [2.45, 2.75) is 46.1 Å². The molecule has 0 spiro atoms. The van der Waals surface area contributed by atoms with Gasteiger partial charge < -0.3 is 5.32 Å². The summed E-state index contributed by atoms with van der Waals surface area (Å²) in [6, 6.07) is -0.718. The summed E-state index contributed by atoms with van der Waals surface area (Å²) in [6.45, 7) is 2.50. The number of amides is 3. The van der Waals surface area contributed by atoms with Crippen LogP contribution in [0.3, 0.4) is 0 Å². The molecule has 0 saturated heterocycles. The lowest BCUT2D eigenvalue weighted by molar-refractivity contribution is -0.136. The predicted molar refractivity (Wildman–Crippen MR) is 96.0 cm³/mol. The molecule has 3 amide bonds. The van der Waals surface area contributed by atoms with E-state index in [1.165, 1.54) is 0 Å². The van der Waals surface area contributed by atoms with E-state index in [0.717, 1.165) is 20.5 Å². The Bertz CT molecular complexity index is 1010. The van der Waals surface area contributed by atoms with E-state index in [1.54, 1.807) is 13.8 Å². The lowest BCUT2D eigenvalue weighted by Gasteiger charge is -2.12. The van der Waals surface area contributed by atoms with Crippen LogP contribution in [0.1, 0.15) is 23.8 Å². The maximum atomic E-state index is 12.7. The van der Waals surface area contributed by atoms with Crippen molar-refractivity contribution in [3.8, 4) is 0 Å². The number of aromatic nitrogens is 2. The Morgan fingerprint density at radius 2 is 1.93 bits per heavy atom. The molecule has 0 atom stereocenters. The maximum Gasteiger partial charge on any atom is 0.390 e. The molecule has 2 aromatic heterocycles. The Balaban J connectivity index is 2.50. The molecule has 2 heterocycles. The molecule has 28 heavy (non-hydrogen) atoms. The van der Waals surface area contributed by atoms with Crippen LogP contribution in [-0.2, 0) is 24.4 Å². The number of nitrogens with zero attached hydrogens (tertiary/aromatic N) is 2. The number of carbonyl (C=O) groups excluding carboxylic acids is 2. The quantitative estimate of drug-likeness (QED) is 0.457. The highest BCUT2D eigenvalue weighted by atomic mass is 32.1. The Morgan fingerprint density at radius 1 is 1.25 bits per heavy atom. The molecular weight excluding hydrogens is 403 g/mol. The number of urea groups is 1. The Kier molecular flexibility index (Phi) is 6.48. The van der Waals surface area contributed by atoms with Gasteiger partial charge >= 0.3 is 17.9 Å². The average Bonchev–Trinajstić information content (AvgIpc) is 2.94. The summed E-state index contributed by atoms with van der Waals surface area (Å²) in [5.41, 5.74) is 3.06. The van der Waals surface area contributed by atoms with Gasteiger partial charge in [-0.1, -0.05) is 0 Å². The Hall–Kier alpha value is -2.83. The minimum absolute atomic E-state index is 0.0161. The normalized spacial score (nSPS) is 11.5. The van der Waals surface area contributed by atoms with E-state index < -0.39 is 36.4 Å². The zero-order valence-electron chi connectivity index (χ0n) is 15.0. The summed E-state index contributed by atoms with van der Waals surface area (Å²) in [6.07, 6.45) is -5.41. The van der Waals surface area contributed by atoms with Crippen molar-refractivity contribution in [2.75, 3.05) is 0 Å². The van der Waals surface area contributed by atoms with Gasteiger partial charge in [0.15, 0.2) is 0 Å². The van der Waals surface area contributed by atoms with Crippen LogP contribution in [0.2, 0.25) is 0 Å². The highest BCUT2D eigenvalue weighted by Crippen LogP contribution is 2.29. The number of hydrogen-bond acceptors (Lipinski definition) is 5. The van der Waals surface area contributed by atoms with Crippen molar-refractivity contribution in [3.63, 3.8) is 0 Å². The number of hydrogen-bond donors (Lipinski definition) is 3. The fourth-order valence-corrected chi connectivity index (χ4v) is 3.88. The molecule has 13 heteroatoms. The number of hydrazine groups is 1. The van der Waals surface area contributed by atoms with Gasteiger partial charge in [0.25, 0.3) is 5.56 Å². The molecule has 0 unspecified atom stereocenters. The lowest BCUT2D eigenvalue weighted by atomic mass is 10.2. The van der Waals surface area contributed by atoms with Gasteiger partial charge in [-0.3, -0.25) is 24.1 Å². The SMILES string of the molecule is CCn1c(=O)c2c(C)c(CNC(=O)NNC=O)sc2n(CCC(F)(F)F)c1=O. The van der Waals surface area contributed by atoms with Crippen LogP contribution in [0.4, 0.5) is 18.0 Å². The Labute approximate surface area is 160 Å². The number of carbonyl (C=O) groups is 2. The molecule has 0 aromatic carbocycles. The number of thiophene rings is 1. The maximum absolute atomic E-state index is 12.7. The third-order valence-corrected chi connectivity index (χ3v) is 5.30. The van der Waals surface area contributed by atoms with Crippen LogP contribution >= 0.6 is 11.3 Å². The van der Waals surface area contributed by atoms with E-state index >= 15 is 0 Å². The molecule has 3 N–H and O–H groups in total. The molecule has 0 aliphatic heterocycles. The largest absolute Gasteiger partial charge is 0.390 e. The van der Waals surface area contributed by atoms with Crippen molar-refractivity contribution in [3.05, 3.63) is 31.3 Å². The predicted octanol–water partition coefficient (Wildman–Crippen LogP) is 0.966. The molecule has 0 fully saturated rings. The number of alkyl halides is 3. The summed E-state index contributed by atoms with van der Waals surface area (Å²) in [4.78, 5) is 47.4. The highest BCUT2D eigenvalue weighted by molar-refractivity contribution is 7.18. The van der Waals surface area contributed by atoms with Crippen molar-refractivity contribution in [2.24, 2.45) is 0 Å².